The van der Waals surface area contributed by atoms with Crippen LogP contribution in [0.4, 0.5) is 5.82 Å². The predicted molar refractivity (Wildman–Crippen MR) is 71.9 cm³/mol. The Morgan fingerprint density at radius 2 is 2.30 bits per heavy atom. The van der Waals surface area contributed by atoms with Crippen LogP contribution >= 0.6 is 0 Å². The molecule has 0 aliphatic heterocycles. The number of nitrogens with one attached hydrogen (secondary N) is 1. The Morgan fingerprint density at radius 3 is 2.95 bits per heavy atom. The van der Waals surface area contributed by atoms with E-state index < -0.39 is 5.91 Å². The SMILES string of the molecule is CC(C)Cc1nc(CNc2nn(C)cc2C(N)=O)no1. The summed E-state index contributed by atoms with van der Waals surface area (Å²) in [5.74, 6) is 1.45. The Balaban J connectivity index is 2.02. The van der Waals surface area contributed by atoms with E-state index in [1.54, 1.807) is 13.2 Å². The molecule has 0 fully saturated rings. The molecule has 0 aromatic carbocycles. The van der Waals surface area contributed by atoms with Gasteiger partial charge in [0.25, 0.3) is 5.91 Å². The summed E-state index contributed by atoms with van der Waals surface area (Å²) in [6, 6.07) is 0. The molecule has 0 bridgehead atoms. The number of carbonyl (C=O) groups is 1. The van der Waals surface area contributed by atoms with Gasteiger partial charge in [0.15, 0.2) is 11.6 Å². The van der Waals surface area contributed by atoms with Crippen molar-refractivity contribution < 1.29 is 9.32 Å². The van der Waals surface area contributed by atoms with Crippen LogP contribution in [0.15, 0.2) is 10.7 Å². The van der Waals surface area contributed by atoms with Crippen molar-refractivity contribution >= 4 is 11.7 Å². The molecule has 0 aliphatic rings. The van der Waals surface area contributed by atoms with Crippen molar-refractivity contribution in [2.75, 3.05) is 5.32 Å². The maximum absolute atomic E-state index is 11.3. The molecule has 108 valence electrons. The number of hydrogen-bond acceptors (Lipinski definition) is 6. The Labute approximate surface area is 116 Å². The lowest BCUT2D eigenvalue weighted by Crippen LogP contribution is -2.13. The van der Waals surface area contributed by atoms with Gasteiger partial charge < -0.3 is 15.6 Å². The first-order valence-corrected chi connectivity index (χ1v) is 6.34. The van der Waals surface area contributed by atoms with Crippen LogP contribution in [-0.2, 0) is 20.0 Å². The lowest BCUT2D eigenvalue weighted by atomic mass is 10.1. The predicted octanol–water partition coefficient (Wildman–Crippen LogP) is 0.713. The third-order valence-electron chi connectivity index (χ3n) is 2.60. The number of rotatable bonds is 6. The number of aryl methyl sites for hydroxylation is 1. The Bertz CT molecular complexity index is 601. The van der Waals surface area contributed by atoms with E-state index in [-0.39, 0.29) is 0 Å². The summed E-state index contributed by atoms with van der Waals surface area (Å²) in [7, 11) is 1.71. The Hall–Kier alpha value is -2.38. The molecule has 2 rings (SSSR count). The molecule has 0 radical (unpaired) electrons. The van der Waals surface area contributed by atoms with Gasteiger partial charge >= 0.3 is 0 Å². The molecule has 2 aromatic rings. The van der Waals surface area contributed by atoms with E-state index in [2.05, 4.69) is 34.4 Å². The van der Waals surface area contributed by atoms with E-state index in [0.29, 0.717) is 35.6 Å². The molecular weight excluding hydrogens is 260 g/mol. The van der Waals surface area contributed by atoms with Crippen molar-refractivity contribution in [3.8, 4) is 0 Å². The van der Waals surface area contributed by atoms with Crippen LogP contribution in [0.3, 0.4) is 0 Å². The molecule has 0 spiro atoms. The summed E-state index contributed by atoms with van der Waals surface area (Å²) >= 11 is 0. The standard InChI is InChI=1S/C12H18N6O2/c1-7(2)4-10-15-9(17-20-10)5-14-12-8(11(13)19)6-18(3)16-12/h6-7H,4-5H2,1-3H3,(H2,13,19)(H,14,16). The molecule has 20 heavy (non-hydrogen) atoms. The van der Waals surface area contributed by atoms with E-state index in [9.17, 15) is 4.79 Å². The zero-order chi connectivity index (χ0) is 14.7. The molecule has 8 heteroatoms. The molecule has 1 amide bonds. The monoisotopic (exact) mass is 278 g/mol. The number of anilines is 1. The highest BCUT2D eigenvalue weighted by Crippen LogP contribution is 2.13. The van der Waals surface area contributed by atoms with Crippen LogP contribution in [0.2, 0.25) is 0 Å². The smallest absolute Gasteiger partial charge is 0.254 e. The molecule has 2 heterocycles. The van der Waals surface area contributed by atoms with Gasteiger partial charge in [-0.25, -0.2) is 0 Å². The molecule has 8 nitrogen and oxygen atoms in total. The highest BCUT2D eigenvalue weighted by molar-refractivity contribution is 5.97. The molecular formula is C12H18N6O2. The van der Waals surface area contributed by atoms with Gasteiger partial charge in [-0.15, -0.1) is 0 Å². The number of carbonyl (C=O) groups excluding carboxylic acids is 1. The van der Waals surface area contributed by atoms with Crippen molar-refractivity contribution in [1.82, 2.24) is 19.9 Å². The molecule has 0 saturated heterocycles. The van der Waals surface area contributed by atoms with E-state index in [4.69, 9.17) is 10.3 Å². The average Bonchev–Trinajstić information content (AvgIpc) is 2.92. The zero-order valence-corrected chi connectivity index (χ0v) is 11.8. The summed E-state index contributed by atoms with van der Waals surface area (Å²) in [6.07, 6.45) is 2.30. The van der Waals surface area contributed by atoms with Gasteiger partial charge in [0, 0.05) is 19.7 Å². The summed E-state index contributed by atoms with van der Waals surface area (Å²) in [5, 5.41) is 11.0. The second-order valence-electron chi connectivity index (χ2n) is 4.99. The maximum Gasteiger partial charge on any atom is 0.254 e. The number of amides is 1. The fraction of sp³-hybridized carbons (Fsp3) is 0.500. The normalized spacial score (nSPS) is 11.0. The molecule has 0 saturated carbocycles. The van der Waals surface area contributed by atoms with Gasteiger partial charge in [-0.2, -0.15) is 10.1 Å². The third-order valence-corrected chi connectivity index (χ3v) is 2.60. The molecule has 0 unspecified atom stereocenters. The minimum absolute atomic E-state index is 0.318. The Kier molecular flexibility index (Phi) is 4.02. The minimum Gasteiger partial charge on any atom is -0.365 e. The van der Waals surface area contributed by atoms with Crippen LogP contribution in [0.25, 0.3) is 0 Å². The first-order chi connectivity index (χ1) is 9.45. The average molecular weight is 278 g/mol. The third kappa shape index (κ3) is 3.34. The van der Waals surface area contributed by atoms with E-state index in [0.717, 1.165) is 6.42 Å². The second-order valence-corrected chi connectivity index (χ2v) is 4.99. The summed E-state index contributed by atoms with van der Waals surface area (Å²) in [5.41, 5.74) is 5.61. The second kappa shape index (κ2) is 5.72. The zero-order valence-electron chi connectivity index (χ0n) is 11.8. The topological polar surface area (TPSA) is 112 Å². The number of nitrogens with two attached hydrogens (primary N) is 1. The molecule has 0 aliphatic carbocycles. The molecule has 0 atom stereocenters. The summed E-state index contributed by atoms with van der Waals surface area (Å²) in [4.78, 5) is 15.5. The van der Waals surface area contributed by atoms with Crippen molar-refractivity contribution in [3.05, 3.63) is 23.5 Å². The quantitative estimate of drug-likeness (QED) is 0.805. The fourth-order valence-electron chi connectivity index (χ4n) is 1.76. The van der Waals surface area contributed by atoms with Gasteiger partial charge in [0.05, 0.1) is 6.54 Å². The highest BCUT2D eigenvalue weighted by atomic mass is 16.5. The first-order valence-electron chi connectivity index (χ1n) is 6.34. The number of aromatic nitrogens is 4. The van der Waals surface area contributed by atoms with E-state index in [1.165, 1.54) is 4.68 Å². The van der Waals surface area contributed by atoms with Crippen LogP contribution < -0.4 is 11.1 Å². The first kappa shape index (κ1) is 14.0. The van der Waals surface area contributed by atoms with Gasteiger partial charge in [-0.1, -0.05) is 19.0 Å². The van der Waals surface area contributed by atoms with Crippen LogP contribution in [0.5, 0.6) is 0 Å². The molecule has 3 N–H and O–H groups in total. The van der Waals surface area contributed by atoms with Crippen LogP contribution in [0, 0.1) is 5.92 Å². The minimum atomic E-state index is -0.533. The lowest BCUT2D eigenvalue weighted by molar-refractivity contribution is 0.100. The number of hydrogen-bond donors (Lipinski definition) is 2. The van der Waals surface area contributed by atoms with Crippen molar-refractivity contribution in [1.29, 1.82) is 0 Å². The van der Waals surface area contributed by atoms with Gasteiger partial charge in [-0.05, 0) is 5.92 Å². The largest absolute Gasteiger partial charge is 0.365 e. The highest BCUT2D eigenvalue weighted by Gasteiger charge is 2.14. The fourth-order valence-corrected chi connectivity index (χ4v) is 1.76. The maximum atomic E-state index is 11.3. The van der Waals surface area contributed by atoms with Gasteiger partial charge in [0.2, 0.25) is 5.89 Å². The van der Waals surface area contributed by atoms with Crippen LogP contribution in [-0.4, -0.2) is 25.8 Å². The number of primary amides is 1. The summed E-state index contributed by atoms with van der Waals surface area (Å²) in [6.45, 7) is 4.48. The Morgan fingerprint density at radius 1 is 1.55 bits per heavy atom. The van der Waals surface area contributed by atoms with Gasteiger partial charge in [0.1, 0.15) is 5.56 Å². The van der Waals surface area contributed by atoms with Crippen LogP contribution in [0.1, 0.15) is 35.9 Å². The van der Waals surface area contributed by atoms with Crippen molar-refractivity contribution in [2.24, 2.45) is 18.7 Å². The van der Waals surface area contributed by atoms with E-state index >= 15 is 0 Å². The van der Waals surface area contributed by atoms with Gasteiger partial charge in [-0.3, -0.25) is 9.48 Å². The number of nitrogens with zero attached hydrogens (tertiary/aromatic N) is 4. The van der Waals surface area contributed by atoms with Crippen molar-refractivity contribution in [2.45, 2.75) is 26.8 Å². The lowest BCUT2D eigenvalue weighted by Gasteiger charge is -2.00. The molecule has 2 aromatic heterocycles. The summed E-state index contributed by atoms with van der Waals surface area (Å²) < 4.78 is 6.65. The van der Waals surface area contributed by atoms with Crippen molar-refractivity contribution in [3.63, 3.8) is 0 Å². The van der Waals surface area contributed by atoms with E-state index in [1.807, 2.05) is 0 Å².